The predicted octanol–water partition coefficient (Wildman–Crippen LogP) is 3.08. The van der Waals surface area contributed by atoms with E-state index in [0.29, 0.717) is 18.0 Å². The van der Waals surface area contributed by atoms with E-state index in [0.717, 1.165) is 61.2 Å². The second-order valence-corrected chi connectivity index (χ2v) is 8.74. The molecule has 0 radical (unpaired) electrons. The normalized spacial score (nSPS) is 22.4. The molecule has 1 aliphatic carbocycles. The highest BCUT2D eigenvalue weighted by atomic mass is 16.5. The average molecular weight is 410 g/mol. The largest absolute Gasteiger partial charge is 0.383 e. The van der Waals surface area contributed by atoms with Crippen molar-refractivity contribution in [2.45, 2.75) is 57.2 Å². The molecule has 1 amide bonds. The highest BCUT2D eigenvalue weighted by Gasteiger charge is 2.35. The third-order valence-corrected chi connectivity index (χ3v) is 6.11. The van der Waals surface area contributed by atoms with E-state index in [1.807, 2.05) is 32.0 Å². The fraction of sp³-hybridized carbons (Fsp3) is 0.522. The van der Waals surface area contributed by atoms with Crippen LogP contribution in [0.15, 0.2) is 30.5 Å². The Labute approximate surface area is 178 Å². The van der Waals surface area contributed by atoms with Crippen molar-refractivity contribution in [2.24, 2.45) is 0 Å². The van der Waals surface area contributed by atoms with Gasteiger partial charge in [-0.05, 0) is 63.3 Å². The standard InChI is InChI=1S/C23H31N5O2/c1-23(2)19-14-15(4-9-18(19)21(29)28-23)20-10-11-25-22(27-20)26-17-7-5-16(6-8-17)24-12-13-30-3/h4,9-11,14,16-17,24H,5-8,12-13H2,1-3H3,(H,28,29)(H,25,26,27). The smallest absolute Gasteiger partial charge is 0.252 e. The number of nitrogens with one attached hydrogen (secondary N) is 3. The fourth-order valence-electron chi connectivity index (χ4n) is 4.42. The molecule has 1 fully saturated rings. The number of hydrogen-bond donors (Lipinski definition) is 3. The zero-order chi connectivity index (χ0) is 21.1. The molecule has 0 spiro atoms. The van der Waals surface area contributed by atoms with Crippen LogP contribution in [0.2, 0.25) is 0 Å². The van der Waals surface area contributed by atoms with Gasteiger partial charge in [0.25, 0.3) is 5.91 Å². The Bertz CT molecular complexity index is 906. The van der Waals surface area contributed by atoms with Crippen molar-refractivity contribution >= 4 is 11.9 Å². The van der Waals surface area contributed by atoms with E-state index in [4.69, 9.17) is 9.72 Å². The van der Waals surface area contributed by atoms with Crippen molar-refractivity contribution in [3.05, 3.63) is 41.6 Å². The summed E-state index contributed by atoms with van der Waals surface area (Å²) >= 11 is 0. The Hall–Kier alpha value is -2.51. The van der Waals surface area contributed by atoms with Gasteiger partial charge in [-0.2, -0.15) is 0 Å². The van der Waals surface area contributed by atoms with E-state index >= 15 is 0 Å². The van der Waals surface area contributed by atoms with Gasteiger partial charge in [-0.1, -0.05) is 6.07 Å². The van der Waals surface area contributed by atoms with E-state index < -0.39 is 0 Å². The SMILES string of the molecule is COCCNC1CCC(Nc2nccc(-c3ccc4c(c3)C(C)(C)NC4=O)n2)CC1. The van der Waals surface area contributed by atoms with Crippen LogP contribution in [0, 0.1) is 0 Å². The lowest BCUT2D eigenvalue weighted by atomic mass is 9.91. The summed E-state index contributed by atoms with van der Waals surface area (Å²) in [6.07, 6.45) is 6.27. The molecule has 1 aliphatic heterocycles. The molecule has 4 rings (SSSR count). The van der Waals surface area contributed by atoms with Gasteiger partial charge >= 0.3 is 0 Å². The molecule has 160 valence electrons. The molecule has 7 nitrogen and oxygen atoms in total. The van der Waals surface area contributed by atoms with Crippen LogP contribution in [0.5, 0.6) is 0 Å². The lowest BCUT2D eigenvalue weighted by molar-refractivity contribution is 0.0940. The lowest BCUT2D eigenvalue weighted by Gasteiger charge is -2.29. The molecule has 2 aliphatic rings. The molecule has 3 N–H and O–H groups in total. The summed E-state index contributed by atoms with van der Waals surface area (Å²) in [6.45, 7) is 5.70. The van der Waals surface area contributed by atoms with Crippen LogP contribution in [-0.2, 0) is 10.3 Å². The molecule has 1 saturated carbocycles. The van der Waals surface area contributed by atoms with Gasteiger partial charge in [0.15, 0.2) is 0 Å². The van der Waals surface area contributed by atoms with Gasteiger partial charge < -0.3 is 20.7 Å². The molecule has 7 heteroatoms. The molecule has 0 saturated heterocycles. The molecular weight excluding hydrogens is 378 g/mol. The lowest BCUT2D eigenvalue weighted by Crippen LogP contribution is -2.38. The van der Waals surface area contributed by atoms with E-state index in [2.05, 4.69) is 27.0 Å². The van der Waals surface area contributed by atoms with Gasteiger partial charge in [-0.15, -0.1) is 0 Å². The fourth-order valence-corrected chi connectivity index (χ4v) is 4.42. The maximum Gasteiger partial charge on any atom is 0.252 e. The second kappa shape index (κ2) is 8.70. The molecule has 0 unspecified atom stereocenters. The minimum Gasteiger partial charge on any atom is -0.383 e. The predicted molar refractivity (Wildman–Crippen MR) is 118 cm³/mol. The zero-order valence-electron chi connectivity index (χ0n) is 18.0. The van der Waals surface area contributed by atoms with Crippen LogP contribution in [0.3, 0.4) is 0 Å². The Kier molecular flexibility index (Phi) is 6.01. The van der Waals surface area contributed by atoms with Crippen LogP contribution >= 0.6 is 0 Å². The number of methoxy groups -OCH3 is 1. The van der Waals surface area contributed by atoms with Gasteiger partial charge in [0.1, 0.15) is 0 Å². The third kappa shape index (κ3) is 4.47. The molecule has 0 atom stereocenters. The molecule has 1 aromatic heterocycles. The number of benzene rings is 1. The Morgan fingerprint density at radius 1 is 1.17 bits per heavy atom. The van der Waals surface area contributed by atoms with E-state index in [1.165, 1.54) is 0 Å². The number of rotatable bonds is 7. The van der Waals surface area contributed by atoms with Gasteiger partial charge in [0, 0.05) is 43.1 Å². The number of carbonyl (C=O) groups is 1. The first-order valence-electron chi connectivity index (χ1n) is 10.8. The van der Waals surface area contributed by atoms with Crippen LogP contribution in [0.25, 0.3) is 11.3 Å². The van der Waals surface area contributed by atoms with Crippen molar-refractivity contribution in [1.29, 1.82) is 0 Å². The number of ether oxygens (including phenoxy) is 1. The molecule has 1 aromatic carbocycles. The third-order valence-electron chi connectivity index (χ3n) is 6.11. The first kappa shape index (κ1) is 20.8. The van der Waals surface area contributed by atoms with Crippen molar-refractivity contribution in [1.82, 2.24) is 20.6 Å². The molecule has 0 bridgehead atoms. The summed E-state index contributed by atoms with van der Waals surface area (Å²) < 4.78 is 5.11. The van der Waals surface area contributed by atoms with E-state index in [1.54, 1.807) is 13.3 Å². The summed E-state index contributed by atoms with van der Waals surface area (Å²) in [5.41, 5.74) is 3.24. The van der Waals surface area contributed by atoms with Crippen LogP contribution in [0.1, 0.15) is 55.5 Å². The number of hydrogen-bond acceptors (Lipinski definition) is 6. The van der Waals surface area contributed by atoms with Crippen molar-refractivity contribution in [2.75, 3.05) is 25.6 Å². The van der Waals surface area contributed by atoms with Gasteiger partial charge in [-0.25, -0.2) is 9.97 Å². The maximum absolute atomic E-state index is 12.1. The molecule has 2 aromatic rings. The highest BCUT2D eigenvalue weighted by molar-refractivity contribution is 6.00. The van der Waals surface area contributed by atoms with E-state index in [9.17, 15) is 4.79 Å². The van der Waals surface area contributed by atoms with Crippen molar-refractivity contribution < 1.29 is 9.53 Å². The second-order valence-electron chi connectivity index (χ2n) is 8.74. The van der Waals surface area contributed by atoms with Gasteiger partial charge in [0.05, 0.1) is 17.8 Å². The van der Waals surface area contributed by atoms with E-state index in [-0.39, 0.29) is 11.4 Å². The number of amides is 1. The number of fused-ring (bicyclic) bond motifs is 1. The van der Waals surface area contributed by atoms with Crippen LogP contribution in [-0.4, -0.2) is 48.2 Å². The molecule has 2 heterocycles. The molecular formula is C23H31N5O2. The summed E-state index contributed by atoms with van der Waals surface area (Å²) in [6, 6.07) is 8.79. The Morgan fingerprint density at radius 2 is 1.93 bits per heavy atom. The minimum atomic E-state index is -0.369. The zero-order valence-corrected chi connectivity index (χ0v) is 18.0. The van der Waals surface area contributed by atoms with Crippen LogP contribution < -0.4 is 16.0 Å². The van der Waals surface area contributed by atoms with Crippen molar-refractivity contribution in [3.63, 3.8) is 0 Å². The van der Waals surface area contributed by atoms with Gasteiger partial charge in [0.2, 0.25) is 5.95 Å². The summed E-state index contributed by atoms with van der Waals surface area (Å²) in [5.74, 6) is 0.649. The van der Waals surface area contributed by atoms with Crippen LogP contribution in [0.4, 0.5) is 5.95 Å². The monoisotopic (exact) mass is 409 g/mol. The number of nitrogens with zero attached hydrogens (tertiary/aromatic N) is 2. The summed E-state index contributed by atoms with van der Waals surface area (Å²) in [7, 11) is 1.73. The topological polar surface area (TPSA) is 88.2 Å². The van der Waals surface area contributed by atoms with Gasteiger partial charge in [-0.3, -0.25) is 4.79 Å². The average Bonchev–Trinajstić information content (AvgIpc) is 2.98. The van der Waals surface area contributed by atoms with Crippen molar-refractivity contribution in [3.8, 4) is 11.3 Å². The summed E-state index contributed by atoms with van der Waals surface area (Å²) in [4.78, 5) is 21.3. The number of carbonyl (C=O) groups excluding carboxylic acids is 1. The number of aromatic nitrogens is 2. The highest BCUT2D eigenvalue weighted by Crippen LogP contribution is 2.33. The number of anilines is 1. The first-order valence-corrected chi connectivity index (χ1v) is 10.8. The quantitative estimate of drug-likeness (QED) is 0.609. The maximum atomic E-state index is 12.1. The summed E-state index contributed by atoms with van der Waals surface area (Å²) in [5, 5.41) is 10.1. The minimum absolute atomic E-state index is 0.0149. The molecule has 30 heavy (non-hydrogen) atoms. The Balaban J connectivity index is 1.42. The first-order chi connectivity index (χ1) is 14.5. The Morgan fingerprint density at radius 3 is 2.70 bits per heavy atom.